The molecule has 0 aromatic rings. The summed E-state index contributed by atoms with van der Waals surface area (Å²) in [5, 5.41) is 3.05. The zero-order valence-corrected chi connectivity index (χ0v) is 11.7. The number of carbonyl (C=O) groups excluding carboxylic acids is 1. The molecule has 4 heteroatoms. The summed E-state index contributed by atoms with van der Waals surface area (Å²) in [6.07, 6.45) is 3.65. The summed E-state index contributed by atoms with van der Waals surface area (Å²) in [7, 11) is 1.80. The fraction of sp³-hybridized carbons (Fsp3) is 0.923. The first-order valence-electron chi connectivity index (χ1n) is 6.50. The van der Waals surface area contributed by atoms with Crippen molar-refractivity contribution < 1.29 is 4.79 Å². The second-order valence-electron chi connectivity index (χ2n) is 6.24. The molecule has 100 valence electrons. The predicted octanol–water partition coefficient (Wildman–Crippen LogP) is 0.962. The first kappa shape index (κ1) is 14.5. The third-order valence-electron chi connectivity index (χ3n) is 4.07. The van der Waals surface area contributed by atoms with Crippen molar-refractivity contribution in [3.8, 4) is 0 Å². The van der Waals surface area contributed by atoms with Gasteiger partial charge in [0.05, 0.1) is 0 Å². The van der Waals surface area contributed by atoms with E-state index in [9.17, 15) is 4.79 Å². The summed E-state index contributed by atoms with van der Waals surface area (Å²) in [5.41, 5.74) is 5.27. The first-order chi connectivity index (χ1) is 7.79. The van der Waals surface area contributed by atoms with Crippen molar-refractivity contribution in [1.82, 2.24) is 10.2 Å². The quantitative estimate of drug-likeness (QED) is 0.771. The Balaban J connectivity index is 2.60. The maximum atomic E-state index is 11.5. The van der Waals surface area contributed by atoms with Gasteiger partial charge < -0.3 is 16.0 Å². The molecule has 4 nitrogen and oxygen atoms in total. The lowest BCUT2D eigenvalue weighted by molar-refractivity contribution is -0.124. The molecule has 0 radical (unpaired) electrons. The Hall–Kier alpha value is -0.610. The van der Waals surface area contributed by atoms with Crippen molar-refractivity contribution in [3.63, 3.8) is 0 Å². The molecule has 0 aliphatic carbocycles. The van der Waals surface area contributed by atoms with Crippen LogP contribution in [0.25, 0.3) is 0 Å². The van der Waals surface area contributed by atoms with Gasteiger partial charge in [0.25, 0.3) is 0 Å². The Labute approximate surface area is 105 Å². The third kappa shape index (κ3) is 3.96. The number of nitrogens with two attached hydrogens (primary N) is 1. The molecule has 1 amide bonds. The molecule has 0 aromatic carbocycles. The van der Waals surface area contributed by atoms with Crippen LogP contribution in [0.2, 0.25) is 0 Å². The van der Waals surface area contributed by atoms with Crippen molar-refractivity contribution >= 4 is 5.91 Å². The maximum absolute atomic E-state index is 11.5. The number of nitrogens with one attached hydrogen (secondary N) is 1. The van der Waals surface area contributed by atoms with E-state index in [-0.39, 0.29) is 5.91 Å². The average Bonchev–Trinajstić information content (AvgIpc) is 2.40. The molecule has 1 heterocycles. The second-order valence-corrected chi connectivity index (χ2v) is 6.24. The van der Waals surface area contributed by atoms with E-state index >= 15 is 0 Å². The van der Waals surface area contributed by atoms with Gasteiger partial charge in [-0.2, -0.15) is 0 Å². The number of primary amides is 1. The molecular formula is C13H27N3O. The van der Waals surface area contributed by atoms with Gasteiger partial charge in [0.15, 0.2) is 0 Å². The monoisotopic (exact) mass is 241 g/mol. The van der Waals surface area contributed by atoms with Gasteiger partial charge in [-0.1, -0.05) is 13.8 Å². The van der Waals surface area contributed by atoms with E-state index in [1.54, 1.807) is 7.05 Å². The van der Waals surface area contributed by atoms with Crippen LogP contribution in [0.4, 0.5) is 0 Å². The lowest BCUT2D eigenvalue weighted by Gasteiger charge is -2.32. The van der Waals surface area contributed by atoms with Gasteiger partial charge in [-0.05, 0) is 51.7 Å². The number of nitrogens with zero attached hydrogens (tertiary/aromatic N) is 1. The fourth-order valence-corrected chi connectivity index (χ4v) is 2.36. The van der Waals surface area contributed by atoms with Crippen molar-refractivity contribution in [2.24, 2.45) is 11.1 Å². The standard InChI is InChI=1S/C13H27N3O/c1-12(2)6-5-8-16(9-7-12)10-13(3,15-4)11(14)17/h15H,5-10H2,1-4H3,(H2,14,17). The molecule has 3 N–H and O–H groups in total. The van der Waals surface area contributed by atoms with Gasteiger partial charge >= 0.3 is 0 Å². The van der Waals surface area contributed by atoms with Gasteiger partial charge in [0, 0.05) is 6.54 Å². The van der Waals surface area contributed by atoms with Crippen LogP contribution >= 0.6 is 0 Å². The van der Waals surface area contributed by atoms with E-state index < -0.39 is 5.54 Å². The highest BCUT2D eigenvalue weighted by Gasteiger charge is 2.33. The molecular weight excluding hydrogens is 214 g/mol. The van der Waals surface area contributed by atoms with Gasteiger partial charge in [-0.25, -0.2) is 0 Å². The van der Waals surface area contributed by atoms with Crippen molar-refractivity contribution in [3.05, 3.63) is 0 Å². The molecule has 1 unspecified atom stereocenters. The normalized spacial score (nSPS) is 24.9. The molecule has 1 rings (SSSR count). The minimum atomic E-state index is -0.617. The fourth-order valence-electron chi connectivity index (χ4n) is 2.36. The molecule has 1 saturated heterocycles. The van der Waals surface area contributed by atoms with Crippen LogP contribution in [0, 0.1) is 5.41 Å². The van der Waals surface area contributed by atoms with E-state index in [1.807, 2.05) is 6.92 Å². The van der Waals surface area contributed by atoms with Crippen molar-refractivity contribution in [2.45, 2.75) is 45.6 Å². The number of likely N-dealkylation sites (tertiary alicyclic amines) is 1. The van der Waals surface area contributed by atoms with Crippen molar-refractivity contribution in [1.29, 1.82) is 0 Å². The first-order valence-corrected chi connectivity index (χ1v) is 6.50. The summed E-state index contributed by atoms with van der Waals surface area (Å²) < 4.78 is 0. The number of amides is 1. The van der Waals surface area contributed by atoms with Crippen LogP contribution in [-0.4, -0.2) is 43.0 Å². The van der Waals surface area contributed by atoms with Crippen molar-refractivity contribution in [2.75, 3.05) is 26.7 Å². The van der Waals surface area contributed by atoms with Gasteiger partial charge in [0.2, 0.25) is 5.91 Å². The zero-order chi connectivity index (χ0) is 13.1. The number of rotatable bonds is 4. The molecule has 1 aliphatic rings. The largest absolute Gasteiger partial charge is 0.368 e. The molecule has 0 bridgehead atoms. The number of hydrogen-bond acceptors (Lipinski definition) is 3. The van der Waals surface area contributed by atoms with E-state index in [0.717, 1.165) is 13.1 Å². The minimum Gasteiger partial charge on any atom is -0.368 e. The highest BCUT2D eigenvalue weighted by atomic mass is 16.1. The van der Waals surface area contributed by atoms with Gasteiger partial charge in [-0.3, -0.25) is 4.79 Å². The zero-order valence-electron chi connectivity index (χ0n) is 11.7. The summed E-state index contributed by atoms with van der Waals surface area (Å²) in [5.74, 6) is -0.275. The van der Waals surface area contributed by atoms with E-state index in [1.165, 1.54) is 19.3 Å². The lowest BCUT2D eigenvalue weighted by Crippen LogP contribution is -2.58. The average molecular weight is 241 g/mol. The second kappa shape index (κ2) is 5.36. The summed E-state index contributed by atoms with van der Waals surface area (Å²) in [6, 6.07) is 0. The third-order valence-corrected chi connectivity index (χ3v) is 4.07. The Morgan fingerprint density at radius 2 is 2.06 bits per heavy atom. The highest BCUT2D eigenvalue weighted by molar-refractivity contribution is 5.84. The summed E-state index contributed by atoms with van der Waals surface area (Å²) >= 11 is 0. The van der Waals surface area contributed by atoms with Crippen LogP contribution in [0.5, 0.6) is 0 Å². The van der Waals surface area contributed by atoms with E-state index in [4.69, 9.17) is 5.73 Å². The van der Waals surface area contributed by atoms with Gasteiger partial charge in [0.1, 0.15) is 5.54 Å². The Bertz CT molecular complexity index is 278. The topological polar surface area (TPSA) is 58.4 Å². The van der Waals surface area contributed by atoms with Crippen LogP contribution < -0.4 is 11.1 Å². The Morgan fingerprint density at radius 1 is 1.41 bits per heavy atom. The van der Waals surface area contributed by atoms with Gasteiger partial charge in [-0.15, -0.1) is 0 Å². The number of carbonyl (C=O) groups is 1. The van der Waals surface area contributed by atoms with E-state index in [0.29, 0.717) is 12.0 Å². The molecule has 0 aromatic heterocycles. The smallest absolute Gasteiger partial charge is 0.238 e. The van der Waals surface area contributed by atoms with Crippen LogP contribution in [0.1, 0.15) is 40.0 Å². The van der Waals surface area contributed by atoms with Crippen LogP contribution in [-0.2, 0) is 4.79 Å². The summed E-state index contributed by atoms with van der Waals surface area (Å²) in [6.45, 7) is 9.34. The predicted molar refractivity (Wildman–Crippen MR) is 70.7 cm³/mol. The maximum Gasteiger partial charge on any atom is 0.238 e. The SMILES string of the molecule is CNC(C)(CN1CCCC(C)(C)CC1)C(N)=O. The summed E-state index contributed by atoms with van der Waals surface area (Å²) in [4.78, 5) is 13.8. The molecule has 0 saturated carbocycles. The van der Waals surface area contributed by atoms with Crippen LogP contribution in [0.15, 0.2) is 0 Å². The minimum absolute atomic E-state index is 0.275. The molecule has 0 spiro atoms. The highest BCUT2D eigenvalue weighted by Crippen LogP contribution is 2.30. The molecule has 17 heavy (non-hydrogen) atoms. The van der Waals surface area contributed by atoms with Crippen LogP contribution in [0.3, 0.4) is 0 Å². The lowest BCUT2D eigenvalue weighted by atomic mass is 9.85. The Morgan fingerprint density at radius 3 is 2.59 bits per heavy atom. The molecule has 1 atom stereocenters. The van der Waals surface area contributed by atoms with E-state index in [2.05, 4.69) is 24.1 Å². The molecule has 1 aliphatic heterocycles. The Kier molecular flexibility index (Phi) is 4.55. The molecule has 1 fully saturated rings. The number of likely N-dealkylation sites (N-methyl/N-ethyl adjacent to an activating group) is 1. The number of hydrogen-bond donors (Lipinski definition) is 2.